The Bertz CT molecular complexity index is 3470. The van der Waals surface area contributed by atoms with Crippen LogP contribution in [-0.2, 0) is 85.4 Å². The van der Waals surface area contributed by atoms with Crippen molar-refractivity contribution in [2.24, 2.45) is 0 Å². The first-order valence-corrected chi connectivity index (χ1v) is 32.8. The molecular formula is C68H80N10O3S3. The number of anilines is 3. The zero-order valence-electron chi connectivity index (χ0n) is 50.3. The molecule has 13 nitrogen and oxygen atoms in total. The van der Waals surface area contributed by atoms with Gasteiger partial charge in [-0.05, 0) is 118 Å². The molecule has 4 aliphatic rings. The van der Waals surface area contributed by atoms with E-state index in [1.54, 1.807) is 35.3 Å². The van der Waals surface area contributed by atoms with Gasteiger partial charge < -0.3 is 34.2 Å². The number of ether oxygens (including phenoxy) is 3. The van der Waals surface area contributed by atoms with E-state index in [-0.39, 0.29) is 5.60 Å². The third-order valence-corrected chi connectivity index (χ3v) is 19.8. The minimum absolute atomic E-state index is 0.346. The second-order valence-corrected chi connectivity index (χ2v) is 27.3. The van der Waals surface area contributed by atoms with Crippen molar-refractivity contribution in [3.63, 3.8) is 0 Å². The van der Waals surface area contributed by atoms with Gasteiger partial charge in [-0.3, -0.25) is 0 Å². The number of aromatic nitrogens is 3. The Morgan fingerprint density at radius 3 is 1.58 bits per heavy atom. The Hall–Kier alpha value is -6.13. The van der Waals surface area contributed by atoms with Crippen LogP contribution < -0.4 is 20.0 Å². The molecule has 0 radical (unpaired) electrons. The number of aryl methyl sites for hydroxylation is 3. The van der Waals surface area contributed by atoms with Crippen molar-refractivity contribution in [3.8, 4) is 18.2 Å². The van der Waals surface area contributed by atoms with Gasteiger partial charge >= 0.3 is 0 Å². The molecular weight excluding hydrogens is 1100 g/mol. The van der Waals surface area contributed by atoms with E-state index in [1.165, 1.54) is 27.8 Å². The summed E-state index contributed by atoms with van der Waals surface area (Å²) in [5.41, 5.74) is 13.0. The van der Waals surface area contributed by atoms with Gasteiger partial charge in [0.2, 0.25) is 0 Å². The van der Waals surface area contributed by atoms with Gasteiger partial charge in [-0.25, -0.2) is 15.0 Å². The van der Waals surface area contributed by atoms with Crippen molar-refractivity contribution in [2.75, 3.05) is 85.3 Å². The van der Waals surface area contributed by atoms with Crippen LogP contribution in [0.1, 0.15) is 126 Å². The van der Waals surface area contributed by atoms with Crippen molar-refractivity contribution in [3.05, 3.63) is 157 Å². The maximum absolute atomic E-state index is 11.0. The van der Waals surface area contributed by atoms with E-state index in [2.05, 4.69) is 148 Å². The molecule has 10 rings (SSSR count). The standard InChI is InChI=1S/C68H80N10O3S3/c1-9-77(10-2)61-58-44-80-67(5,35-49-21-14-19-47(33-49)24-31-83-63-54(40-69)51-37-66(3,4)79-43-57(51)60(73-63)76(7)8)38-52(58)55(41-70)64(74-61)84-32-25-48-20-15-22-50(34-48)36-68(6)39-53-56(42-71)65(82-30-23-46-17-12-11-13-18-46)75-62(59(53)45-81-68)78-28-16-26-72-27-29-78/h11-15,17-22,33-34,72H,9-10,16,23-32,35-39,43-45H2,1-8H3. The van der Waals surface area contributed by atoms with Crippen molar-refractivity contribution >= 4 is 52.7 Å². The van der Waals surface area contributed by atoms with E-state index in [0.29, 0.717) is 68.6 Å². The zero-order valence-corrected chi connectivity index (χ0v) is 52.8. The SMILES string of the molecule is CCN(CC)c1nc(SCCc2cccc(CC3(C)Cc4c(C#N)c(SCCc5ccccc5)nc(N5CCCNCC5)c4CO3)c2)c(C#N)c2c1COC(C)(Cc1cccc(CCSc3nc(N(C)C)c4c(c3C#N)CC(C)(C)OC4)c1)C2. The Labute approximate surface area is 511 Å². The van der Waals surface area contributed by atoms with Gasteiger partial charge in [0.05, 0.1) is 53.3 Å². The zero-order chi connectivity index (χ0) is 59.0. The summed E-state index contributed by atoms with van der Waals surface area (Å²) in [5, 5.41) is 38.2. The molecule has 2 unspecified atom stereocenters. The van der Waals surface area contributed by atoms with E-state index in [1.807, 2.05) is 25.1 Å². The van der Waals surface area contributed by atoms with Gasteiger partial charge in [0, 0.05) is 113 Å². The van der Waals surface area contributed by atoms with Crippen LogP contribution in [-0.4, -0.2) is 102 Å². The number of hydrogen-bond donors (Lipinski definition) is 1. The van der Waals surface area contributed by atoms with Crippen LogP contribution in [0.2, 0.25) is 0 Å². The van der Waals surface area contributed by atoms with Gasteiger partial charge in [-0.1, -0.05) is 78.9 Å². The predicted octanol–water partition coefficient (Wildman–Crippen LogP) is 12.2. The lowest BCUT2D eigenvalue weighted by molar-refractivity contribution is -0.0539. The van der Waals surface area contributed by atoms with Gasteiger partial charge in [-0.15, -0.1) is 35.3 Å². The summed E-state index contributed by atoms with van der Waals surface area (Å²) in [5.74, 6) is 5.12. The van der Waals surface area contributed by atoms with Crippen molar-refractivity contribution in [2.45, 2.75) is 151 Å². The Balaban J connectivity index is 0.820. The van der Waals surface area contributed by atoms with Gasteiger partial charge in [0.25, 0.3) is 0 Å². The molecule has 4 aliphatic heterocycles. The number of benzene rings is 3. The van der Waals surface area contributed by atoms with Crippen LogP contribution in [0.25, 0.3) is 0 Å². The third kappa shape index (κ3) is 14.1. The largest absolute Gasteiger partial charge is 0.370 e. The number of hydrogen-bond acceptors (Lipinski definition) is 16. The monoisotopic (exact) mass is 1180 g/mol. The number of thioether (sulfide) groups is 3. The maximum Gasteiger partial charge on any atom is 0.135 e. The lowest BCUT2D eigenvalue weighted by Crippen LogP contribution is -2.40. The molecule has 0 saturated carbocycles. The summed E-state index contributed by atoms with van der Waals surface area (Å²) in [6, 6.07) is 35.9. The third-order valence-electron chi connectivity index (χ3n) is 16.8. The number of nitriles is 3. The molecule has 7 heterocycles. The summed E-state index contributed by atoms with van der Waals surface area (Å²) >= 11 is 5.01. The Kier molecular flexibility index (Phi) is 19.6. The molecule has 3 aromatic carbocycles. The summed E-state index contributed by atoms with van der Waals surface area (Å²) in [4.78, 5) is 22.3. The summed E-state index contributed by atoms with van der Waals surface area (Å²) < 4.78 is 19.9. The average Bonchev–Trinajstić information content (AvgIpc) is 1.82. The number of rotatable bonds is 21. The number of nitrogens with one attached hydrogen (secondary N) is 1. The summed E-state index contributed by atoms with van der Waals surface area (Å²) in [6.45, 7) is 19.3. The van der Waals surface area contributed by atoms with Gasteiger partial charge in [0.15, 0.2) is 0 Å². The van der Waals surface area contributed by atoms with Crippen LogP contribution >= 0.6 is 35.3 Å². The normalized spacial score (nSPS) is 19.0. The fraction of sp³-hybridized carbons (Fsp3) is 0.471. The molecule has 0 aliphatic carbocycles. The number of fused-ring (bicyclic) bond motifs is 3. The topological polar surface area (TPSA) is 159 Å². The minimum atomic E-state index is -0.546. The van der Waals surface area contributed by atoms with E-state index >= 15 is 0 Å². The Morgan fingerprint density at radius 1 is 0.548 bits per heavy atom. The van der Waals surface area contributed by atoms with Crippen LogP contribution in [0.5, 0.6) is 0 Å². The van der Waals surface area contributed by atoms with E-state index in [4.69, 9.17) is 29.2 Å². The fourth-order valence-electron chi connectivity index (χ4n) is 12.5. The average molecular weight is 1180 g/mol. The van der Waals surface area contributed by atoms with Crippen molar-refractivity contribution in [1.29, 1.82) is 15.8 Å². The molecule has 1 saturated heterocycles. The molecule has 0 amide bonds. The molecule has 1 fully saturated rings. The Morgan fingerprint density at radius 2 is 1.02 bits per heavy atom. The summed E-state index contributed by atoms with van der Waals surface area (Å²) in [7, 11) is 4.00. The molecule has 0 spiro atoms. The first kappa shape index (κ1) is 61.0. The molecule has 438 valence electrons. The molecule has 6 aromatic rings. The maximum atomic E-state index is 11.0. The van der Waals surface area contributed by atoms with Crippen LogP contribution in [0.4, 0.5) is 17.5 Å². The first-order chi connectivity index (χ1) is 40.6. The van der Waals surface area contributed by atoms with Crippen LogP contribution in [0, 0.1) is 34.0 Å². The highest BCUT2D eigenvalue weighted by molar-refractivity contribution is 7.99. The smallest absolute Gasteiger partial charge is 0.135 e. The van der Waals surface area contributed by atoms with Crippen molar-refractivity contribution in [1.82, 2.24) is 20.3 Å². The second-order valence-electron chi connectivity index (χ2n) is 24.0. The first-order valence-electron chi connectivity index (χ1n) is 29.9. The lowest BCUT2D eigenvalue weighted by atomic mass is 9.84. The van der Waals surface area contributed by atoms with Crippen LogP contribution in [0.3, 0.4) is 0 Å². The summed E-state index contributed by atoms with van der Waals surface area (Å²) in [6.07, 6.45) is 6.84. The van der Waals surface area contributed by atoms with Gasteiger partial charge in [-0.2, -0.15) is 15.8 Å². The molecule has 1 N–H and O–H groups in total. The molecule has 84 heavy (non-hydrogen) atoms. The number of pyridine rings is 3. The number of nitrogens with zero attached hydrogens (tertiary/aromatic N) is 9. The van der Waals surface area contributed by atoms with Crippen LogP contribution in [0.15, 0.2) is 93.9 Å². The van der Waals surface area contributed by atoms with Crippen molar-refractivity contribution < 1.29 is 14.2 Å². The lowest BCUT2D eigenvalue weighted by Gasteiger charge is -2.38. The quantitative estimate of drug-likeness (QED) is 0.0678. The molecule has 3 aromatic heterocycles. The predicted molar refractivity (Wildman–Crippen MR) is 341 cm³/mol. The highest BCUT2D eigenvalue weighted by Crippen LogP contribution is 2.43. The van der Waals surface area contributed by atoms with E-state index in [0.717, 1.165) is 148 Å². The second kappa shape index (κ2) is 27.1. The van der Waals surface area contributed by atoms with E-state index < -0.39 is 11.2 Å². The highest BCUT2D eigenvalue weighted by atomic mass is 32.2. The molecule has 16 heteroatoms. The van der Waals surface area contributed by atoms with Gasteiger partial charge in [0.1, 0.15) is 50.7 Å². The highest BCUT2D eigenvalue weighted by Gasteiger charge is 2.39. The minimum Gasteiger partial charge on any atom is -0.370 e. The molecule has 0 bridgehead atoms. The fourth-order valence-corrected chi connectivity index (χ4v) is 15.5. The molecule has 2 atom stereocenters. The van der Waals surface area contributed by atoms with E-state index in [9.17, 15) is 15.8 Å².